The summed E-state index contributed by atoms with van der Waals surface area (Å²) in [4.78, 5) is 0. The molecule has 1 aliphatic carbocycles. The summed E-state index contributed by atoms with van der Waals surface area (Å²) in [5.74, 6) is 0. The highest BCUT2D eigenvalue weighted by Gasteiger charge is 2.52. The van der Waals surface area contributed by atoms with Crippen molar-refractivity contribution in [1.82, 2.24) is 0 Å². The molecule has 13 nitrogen and oxygen atoms in total. The van der Waals surface area contributed by atoms with E-state index in [9.17, 15) is 40.9 Å². The van der Waals surface area contributed by atoms with Crippen LogP contribution < -0.4 is 0 Å². The van der Waals surface area contributed by atoms with Gasteiger partial charge in [-0.15, -0.1) is 0 Å². The van der Waals surface area contributed by atoms with E-state index in [4.69, 9.17) is 14.6 Å². The first-order valence-electron chi connectivity index (χ1n) is 7.07. The zero-order chi connectivity index (χ0) is 17.5. The summed E-state index contributed by atoms with van der Waals surface area (Å²) in [6.45, 7) is -0.704. The van der Waals surface area contributed by atoms with Gasteiger partial charge in [-0.25, -0.2) is 0 Å². The molecule has 1 saturated carbocycles. The molecule has 0 bridgehead atoms. The van der Waals surface area contributed by atoms with E-state index in [1.807, 2.05) is 0 Å². The maximum atomic E-state index is 9.85. The first-order valence-corrected chi connectivity index (χ1v) is 7.07. The smallest absolute Gasteiger partial charge is 0.187 e. The summed E-state index contributed by atoms with van der Waals surface area (Å²) in [5, 5.41) is 86.6. The van der Waals surface area contributed by atoms with Crippen LogP contribution in [0.2, 0.25) is 0 Å². The largest absolute Gasteiger partial charge is 0.412 e. The van der Waals surface area contributed by atoms with Crippen molar-refractivity contribution >= 4 is 0 Å². The van der Waals surface area contributed by atoms with Crippen molar-refractivity contribution in [2.75, 3.05) is 6.61 Å². The number of rotatable bonds is 3. The summed E-state index contributed by atoms with van der Waals surface area (Å²) in [5.41, 5.74) is 0. The monoisotopic (exact) mass is 378 g/mol. The Morgan fingerprint density at radius 1 is 0.600 bits per heavy atom. The minimum Gasteiger partial charge on any atom is -0.412 e. The van der Waals surface area contributed by atoms with Crippen LogP contribution in [0, 0.1) is 0 Å². The highest BCUT2D eigenvalue weighted by atomic mass is 16.7. The topological polar surface area (TPSA) is 264 Å². The van der Waals surface area contributed by atoms with Crippen molar-refractivity contribution in [1.29, 1.82) is 0 Å². The molecule has 9 atom stereocenters. The number of aliphatic hydroxyl groups excluding tert-OH is 9. The zero-order valence-corrected chi connectivity index (χ0v) is 12.9. The Hall–Kier alpha value is -0.520. The van der Waals surface area contributed by atoms with Crippen LogP contribution in [-0.4, -0.2) is 131 Å². The lowest BCUT2D eigenvalue weighted by Crippen LogP contribution is -2.67. The van der Waals surface area contributed by atoms with E-state index in [0.29, 0.717) is 0 Å². The molecule has 0 radical (unpaired) electrons. The molecule has 9 unspecified atom stereocenters. The highest BCUT2D eigenvalue weighted by molar-refractivity contribution is 5.00. The lowest BCUT2D eigenvalue weighted by atomic mass is 9.84. The van der Waals surface area contributed by atoms with Crippen LogP contribution in [0.15, 0.2) is 0 Å². The number of hydrogen-bond acceptors (Lipinski definition) is 11. The third-order valence-corrected chi connectivity index (χ3v) is 4.21. The standard InChI is InChI=1S/C12H22O11.2H2O/c13-1-2-3(14)4(15)10(21)12(22-2)23-11-8(19)6(17)5(16)7(18)9(11)20;;/h2-21H,1H2;2*1H2. The van der Waals surface area contributed by atoms with Gasteiger partial charge in [0.1, 0.15) is 61.0 Å². The fourth-order valence-corrected chi connectivity index (χ4v) is 2.69. The molecule has 0 amide bonds. The van der Waals surface area contributed by atoms with Crippen molar-refractivity contribution in [3.05, 3.63) is 0 Å². The van der Waals surface area contributed by atoms with E-state index in [0.717, 1.165) is 0 Å². The van der Waals surface area contributed by atoms with E-state index < -0.39 is 73.9 Å². The maximum absolute atomic E-state index is 9.85. The molecule has 1 aliphatic heterocycles. The van der Waals surface area contributed by atoms with Crippen LogP contribution in [0.4, 0.5) is 0 Å². The van der Waals surface area contributed by atoms with Crippen LogP contribution >= 0.6 is 0 Å². The number of aliphatic hydroxyl groups is 9. The SMILES string of the molecule is O.O.OCC1OC(OC2C(O)C(O)C(O)C(O)C2O)C(O)C(O)C1O. The van der Waals surface area contributed by atoms with Crippen molar-refractivity contribution < 1.29 is 66.4 Å². The van der Waals surface area contributed by atoms with Crippen LogP contribution in [0.5, 0.6) is 0 Å². The van der Waals surface area contributed by atoms with Gasteiger partial charge in [0, 0.05) is 0 Å². The second-order valence-electron chi connectivity index (χ2n) is 5.75. The van der Waals surface area contributed by atoms with Crippen LogP contribution in [0.1, 0.15) is 0 Å². The first kappa shape index (κ1) is 24.5. The Labute approximate surface area is 141 Å². The number of ether oxygens (including phenoxy) is 2. The van der Waals surface area contributed by atoms with Crippen molar-refractivity contribution in [2.45, 2.75) is 67.3 Å². The van der Waals surface area contributed by atoms with E-state index in [2.05, 4.69) is 0 Å². The van der Waals surface area contributed by atoms with Crippen LogP contribution in [-0.2, 0) is 9.47 Å². The second-order valence-corrected chi connectivity index (χ2v) is 5.75. The van der Waals surface area contributed by atoms with Crippen LogP contribution in [0.25, 0.3) is 0 Å². The van der Waals surface area contributed by atoms with Gasteiger partial charge in [-0.1, -0.05) is 0 Å². The van der Waals surface area contributed by atoms with E-state index in [-0.39, 0.29) is 11.0 Å². The predicted octanol–water partition coefficient (Wildman–Crippen LogP) is -7.66. The average Bonchev–Trinajstić information content (AvgIpc) is 2.54. The summed E-state index contributed by atoms with van der Waals surface area (Å²) >= 11 is 0. The fraction of sp³-hybridized carbons (Fsp3) is 1.00. The molecule has 25 heavy (non-hydrogen) atoms. The molecule has 152 valence electrons. The summed E-state index contributed by atoms with van der Waals surface area (Å²) in [6.07, 6.45) is -18.9. The van der Waals surface area contributed by atoms with Crippen molar-refractivity contribution in [3.8, 4) is 0 Å². The van der Waals surface area contributed by atoms with E-state index in [1.54, 1.807) is 0 Å². The van der Waals surface area contributed by atoms with E-state index in [1.165, 1.54) is 0 Å². The summed E-state index contributed by atoms with van der Waals surface area (Å²) in [6, 6.07) is 0. The molecule has 0 spiro atoms. The van der Waals surface area contributed by atoms with Gasteiger partial charge < -0.3 is 66.4 Å². The normalized spacial score (nSPS) is 50.5. The first-order chi connectivity index (χ1) is 10.7. The number of hydrogen-bond donors (Lipinski definition) is 9. The highest BCUT2D eigenvalue weighted by Crippen LogP contribution is 2.29. The second kappa shape index (κ2) is 9.43. The molecular formula is C12H26O13. The van der Waals surface area contributed by atoms with E-state index >= 15 is 0 Å². The molecule has 0 aromatic heterocycles. The van der Waals surface area contributed by atoms with Gasteiger partial charge in [0.05, 0.1) is 6.61 Å². The zero-order valence-electron chi connectivity index (χ0n) is 12.9. The molecule has 2 rings (SSSR count). The van der Waals surface area contributed by atoms with Gasteiger partial charge in [0.15, 0.2) is 6.29 Å². The van der Waals surface area contributed by atoms with Gasteiger partial charge in [0.2, 0.25) is 0 Å². The van der Waals surface area contributed by atoms with Gasteiger partial charge in [0.25, 0.3) is 0 Å². The van der Waals surface area contributed by atoms with Gasteiger partial charge in [-0.2, -0.15) is 0 Å². The Morgan fingerprint density at radius 2 is 1.00 bits per heavy atom. The minimum atomic E-state index is -1.83. The summed E-state index contributed by atoms with van der Waals surface area (Å²) < 4.78 is 10.2. The van der Waals surface area contributed by atoms with Gasteiger partial charge in [-0.3, -0.25) is 0 Å². The maximum Gasteiger partial charge on any atom is 0.187 e. The summed E-state index contributed by atoms with van der Waals surface area (Å²) in [7, 11) is 0. The molecular weight excluding hydrogens is 352 g/mol. The molecule has 13 heteroatoms. The predicted molar refractivity (Wildman–Crippen MR) is 75.9 cm³/mol. The third kappa shape index (κ3) is 4.42. The minimum absolute atomic E-state index is 0. The molecule has 2 fully saturated rings. The van der Waals surface area contributed by atoms with Crippen LogP contribution in [0.3, 0.4) is 0 Å². The molecule has 0 aromatic carbocycles. The Kier molecular flexibility index (Phi) is 9.23. The third-order valence-electron chi connectivity index (χ3n) is 4.21. The van der Waals surface area contributed by atoms with Gasteiger partial charge >= 0.3 is 0 Å². The Morgan fingerprint density at radius 3 is 1.44 bits per heavy atom. The Balaban J connectivity index is 0.00000288. The van der Waals surface area contributed by atoms with Crippen molar-refractivity contribution in [3.63, 3.8) is 0 Å². The average molecular weight is 378 g/mol. The Bertz CT molecular complexity index is 379. The molecule has 13 N–H and O–H groups in total. The van der Waals surface area contributed by atoms with Crippen molar-refractivity contribution in [2.24, 2.45) is 0 Å². The lowest BCUT2D eigenvalue weighted by molar-refractivity contribution is -0.339. The molecule has 0 aromatic rings. The molecule has 2 aliphatic rings. The lowest BCUT2D eigenvalue weighted by Gasteiger charge is -2.45. The molecule has 1 heterocycles. The molecule has 1 saturated heterocycles. The fourth-order valence-electron chi connectivity index (χ4n) is 2.69. The quantitative estimate of drug-likeness (QED) is 0.222. The van der Waals surface area contributed by atoms with Gasteiger partial charge in [-0.05, 0) is 0 Å².